The second kappa shape index (κ2) is 41.6. The first-order chi connectivity index (χ1) is 36.9. The molecule has 0 bridgehead atoms. The van der Waals surface area contributed by atoms with Crippen LogP contribution < -0.4 is 35.4 Å². The van der Waals surface area contributed by atoms with E-state index < -0.39 is 17.3 Å². The van der Waals surface area contributed by atoms with E-state index in [4.69, 9.17) is 33.5 Å². The number of nitrogens with one attached hydrogen (secondary N) is 7. The summed E-state index contributed by atoms with van der Waals surface area (Å²) in [7, 11) is 0. The summed E-state index contributed by atoms with van der Waals surface area (Å²) in [5, 5.41) is 109. The van der Waals surface area contributed by atoms with Gasteiger partial charge in [0.1, 0.15) is 19.3 Å². The highest BCUT2D eigenvalue weighted by Crippen LogP contribution is 2.12. The molecule has 0 atom stereocenters. The number of halogens is 2. The van der Waals surface area contributed by atoms with Crippen molar-refractivity contribution in [2.75, 3.05) is 142 Å². The predicted octanol–water partition coefficient (Wildman–Crippen LogP) is -7.29. The number of quaternary nitrogens is 7. The highest BCUT2D eigenvalue weighted by Gasteiger charge is 2.27. The van der Waals surface area contributed by atoms with Crippen LogP contribution in [-0.2, 0) is 42.8 Å². The first kappa shape index (κ1) is 69.9. The molecule has 452 valence electrons. The number of ketones is 2. The topological polar surface area (TPSA) is 375 Å². The van der Waals surface area contributed by atoms with Gasteiger partial charge in [0.25, 0.3) is 5.09 Å². The summed E-state index contributed by atoms with van der Waals surface area (Å²) in [5.74, 6) is 0.105. The molecule has 0 aromatic rings. The molecule has 7 aliphatic rings. The maximum absolute atomic E-state index is 11.7. The molecule has 28 nitrogen and oxygen atoms in total. The molecular weight excluding hydrogens is 1160 g/mol. The molecule has 77 heavy (non-hydrogen) atoms. The normalized spacial score (nSPS) is 33.3. The van der Waals surface area contributed by atoms with E-state index in [0.29, 0.717) is 156 Å². The lowest BCUT2D eigenvalue weighted by molar-refractivity contribution is -0.855. The van der Waals surface area contributed by atoms with E-state index in [2.05, 4.69) is 36.7 Å². The van der Waals surface area contributed by atoms with Crippen LogP contribution in [0.5, 0.6) is 0 Å². The number of carbonyl (C=O) groups excluding carboxylic acids is 2. The summed E-state index contributed by atoms with van der Waals surface area (Å²) in [6.07, 6.45) is 8.38. The van der Waals surface area contributed by atoms with Crippen LogP contribution in [0.4, 0.5) is 0 Å². The van der Waals surface area contributed by atoms with Crippen LogP contribution in [0.1, 0.15) is 89.9 Å². The van der Waals surface area contributed by atoms with Crippen LogP contribution in [0.15, 0.2) is 0 Å². The molecule has 7 rings (SSSR count). The van der Waals surface area contributed by atoms with Gasteiger partial charge >= 0.3 is 0 Å². The quantitative estimate of drug-likeness (QED) is 0.0210. The van der Waals surface area contributed by atoms with Crippen molar-refractivity contribution < 1.29 is 93.6 Å². The Morgan fingerprint density at radius 3 is 0.883 bits per heavy atom. The molecule has 0 unspecified atom stereocenters. The fourth-order valence-electron chi connectivity index (χ4n) is 9.16. The van der Waals surface area contributed by atoms with Crippen molar-refractivity contribution in [2.45, 2.75) is 145 Å². The number of nitrogens with zero attached hydrogens (tertiary/aromatic N) is 1. The van der Waals surface area contributed by atoms with Gasteiger partial charge in [-0.2, -0.15) is 0 Å². The van der Waals surface area contributed by atoms with Crippen LogP contribution >= 0.6 is 31.9 Å². The van der Waals surface area contributed by atoms with Crippen LogP contribution in [0, 0.1) is 46.6 Å². The number of Topliss-reactive ketones (excluding diaryl/α,β-unsaturated/α-hetero) is 2. The molecule has 7 fully saturated rings. The van der Waals surface area contributed by atoms with Gasteiger partial charge in [0.2, 0.25) is 0 Å². The summed E-state index contributed by atoms with van der Waals surface area (Å²) < 4.78 is 33.5. The number of rotatable bonds is 22. The lowest BCUT2D eigenvalue weighted by Gasteiger charge is -2.33. The number of aliphatic hydroxyl groups excluding tert-OH is 2. The van der Waals surface area contributed by atoms with E-state index in [1.807, 2.05) is 0 Å². The molecule has 7 aliphatic heterocycles. The molecule has 7 saturated heterocycles. The van der Waals surface area contributed by atoms with Crippen molar-refractivity contribution in [3.8, 4) is 0 Å². The fraction of sp³-hybridized carbons (Fsp3) is 0.957. The van der Waals surface area contributed by atoms with Crippen molar-refractivity contribution >= 4 is 43.4 Å². The summed E-state index contributed by atoms with van der Waals surface area (Å²) >= 11 is 5.99. The van der Waals surface area contributed by atoms with E-state index in [-0.39, 0.29) is 114 Å². The average Bonchev–Trinajstić information content (AvgIpc) is 3.43. The van der Waals surface area contributed by atoms with E-state index >= 15 is 0 Å². The molecule has 0 spiro atoms. The minimum absolute atomic E-state index is 0.0314. The maximum Gasteiger partial charge on any atom is 0.294 e. The van der Waals surface area contributed by atoms with Gasteiger partial charge in [-0.15, -0.1) is 10.1 Å². The van der Waals surface area contributed by atoms with Gasteiger partial charge in [0.05, 0.1) is 171 Å². The van der Waals surface area contributed by atoms with Gasteiger partial charge in [-0.1, -0.05) is 31.9 Å². The number of carbonyl (C=O) groups is 2. The number of ether oxygens (including phenoxy) is 6. The van der Waals surface area contributed by atoms with Crippen molar-refractivity contribution in [2.24, 2.45) is 0 Å². The standard InChI is InChI=1S/C13H25N3O7.C13H26N2O5.C13H24N2O5.C5H11NO2.C3H4Br2O/c17-14-5-1-11(2-6-14)21-9-13(23-16(19)20)10-22-12-3-7-15(18)8-4-12;2*16-11(9-19-12-1-5-14(17)6-2-12)10-20-13-3-7-15(18)8-4-13;7-5-1-3-6(8)4-2-5;4-1-3(6)2-5/h11-15H,1-10H2;11-16H,1-10H2;12-15H,1-10H2;5-7H,1-4H2;1-2H2. The summed E-state index contributed by atoms with van der Waals surface area (Å²) in [6, 6.07) is 0. The Kier molecular flexibility index (Phi) is 37.7. The van der Waals surface area contributed by atoms with Crippen LogP contribution in [0.25, 0.3) is 0 Å². The van der Waals surface area contributed by atoms with E-state index in [0.717, 1.165) is 51.4 Å². The van der Waals surface area contributed by atoms with E-state index in [1.54, 1.807) is 0 Å². The van der Waals surface area contributed by atoms with Gasteiger partial charge in [0.15, 0.2) is 17.7 Å². The van der Waals surface area contributed by atoms with Gasteiger partial charge in [-0.05, 0) is 0 Å². The zero-order chi connectivity index (χ0) is 56.4. The van der Waals surface area contributed by atoms with Gasteiger partial charge in [-0.3, -0.25) is 9.59 Å². The Morgan fingerprint density at radius 2 is 0.662 bits per heavy atom. The Hall–Kier alpha value is -1.38. The molecule has 0 aliphatic carbocycles. The monoisotopic (exact) mass is 1240 g/mol. The molecule has 0 amide bonds. The van der Waals surface area contributed by atoms with E-state index in [1.165, 1.54) is 0 Å². The summed E-state index contributed by atoms with van der Waals surface area (Å²) in [4.78, 5) is 37.0. The Bertz CT molecular complexity index is 1420. The molecule has 7 heterocycles. The molecule has 0 radical (unpaired) electrons. The van der Waals surface area contributed by atoms with E-state index in [9.17, 15) is 61.3 Å². The first-order valence-corrected chi connectivity index (χ1v) is 29.8. The SMILES string of the molecule is O=C(CBr)CBr.O=C(COC1CC[NH+]([O-])CC1)COC1CC[NH+]([O-])CC1.O=[N+]([O-])OC(COC1CC[NH+]([O-])CC1)COC1CC[NH+]([O-])CC1.[O-][NH+]1CCC(O)CC1.[O-][NH+]1CCC(OCC(O)COC2CC[NH+]([O-])CC2)CC1. The van der Waals surface area contributed by atoms with Crippen molar-refractivity contribution in [1.82, 2.24) is 0 Å². The smallest absolute Gasteiger partial charge is 0.294 e. The number of hydrogen-bond acceptors (Lipinski definition) is 20. The molecular formula is C47H90Br2N8O20. The Balaban J connectivity index is 0.000000270. The van der Waals surface area contributed by atoms with Crippen molar-refractivity contribution in [3.05, 3.63) is 46.6 Å². The Labute approximate surface area is 468 Å². The fourth-order valence-corrected chi connectivity index (χ4v) is 10.1. The largest absolute Gasteiger partial charge is 0.634 e. The lowest BCUT2D eigenvalue weighted by atomic mass is 10.1. The predicted molar refractivity (Wildman–Crippen MR) is 283 cm³/mol. The number of aliphatic hydroxyl groups is 2. The summed E-state index contributed by atoms with van der Waals surface area (Å²) in [5.41, 5.74) is 0. The van der Waals surface area contributed by atoms with Gasteiger partial charge in [-0.25, -0.2) is 0 Å². The lowest BCUT2D eigenvalue weighted by Crippen LogP contribution is -3.08. The highest BCUT2D eigenvalue weighted by molar-refractivity contribution is 9.10. The number of hydroxylamine groups is 14. The minimum Gasteiger partial charge on any atom is -0.634 e. The third kappa shape index (κ3) is 34.6. The molecule has 0 aromatic heterocycles. The zero-order valence-electron chi connectivity index (χ0n) is 44.6. The zero-order valence-corrected chi connectivity index (χ0v) is 47.8. The number of alkyl halides is 2. The molecule has 0 aromatic carbocycles. The number of hydrogen-bond donors (Lipinski definition) is 9. The second-order valence-corrected chi connectivity index (χ2v) is 21.7. The maximum atomic E-state index is 11.7. The third-order valence-corrected chi connectivity index (χ3v) is 15.3. The molecule has 0 saturated carbocycles. The first-order valence-electron chi connectivity index (χ1n) is 27.5. The van der Waals surface area contributed by atoms with Crippen molar-refractivity contribution in [1.29, 1.82) is 0 Å². The molecule has 30 heteroatoms. The second-order valence-electron chi connectivity index (χ2n) is 20.6. The van der Waals surface area contributed by atoms with Crippen LogP contribution in [0.2, 0.25) is 0 Å². The Morgan fingerprint density at radius 1 is 0.429 bits per heavy atom. The highest BCUT2D eigenvalue weighted by atomic mass is 79.9. The van der Waals surface area contributed by atoms with Gasteiger partial charge < -0.3 is 115 Å². The number of piperidine rings is 7. The summed E-state index contributed by atoms with van der Waals surface area (Å²) in [6.45, 7) is 8.52. The van der Waals surface area contributed by atoms with Crippen LogP contribution in [-0.4, -0.2) is 224 Å². The van der Waals surface area contributed by atoms with Crippen LogP contribution in [0.3, 0.4) is 0 Å². The minimum atomic E-state index is -0.841. The van der Waals surface area contributed by atoms with Gasteiger partial charge in [0, 0.05) is 89.9 Å². The third-order valence-electron chi connectivity index (χ3n) is 14.0. The van der Waals surface area contributed by atoms with Crippen molar-refractivity contribution in [3.63, 3.8) is 0 Å². The average molecular weight is 1250 g/mol. The molecule has 9 N–H and O–H groups in total.